The van der Waals surface area contributed by atoms with Gasteiger partial charge >= 0.3 is 6.18 Å². The first-order chi connectivity index (χ1) is 9.95. The third-order valence-electron chi connectivity index (χ3n) is 2.91. The van der Waals surface area contributed by atoms with E-state index in [0.717, 1.165) is 12.1 Å². The van der Waals surface area contributed by atoms with Gasteiger partial charge in [0.1, 0.15) is 5.76 Å². The maximum absolute atomic E-state index is 12.9. The summed E-state index contributed by atoms with van der Waals surface area (Å²) in [5.41, 5.74) is -0.0182. The monoisotopic (exact) mass is 312 g/mol. The van der Waals surface area contributed by atoms with Crippen LogP contribution >= 0.6 is 11.6 Å². The van der Waals surface area contributed by atoms with Crippen molar-refractivity contribution >= 4 is 11.6 Å². The van der Waals surface area contributed by atoms with E-state index < -0.39 is 11.7 Å². The normalized spacial score (nSPS) is 11.8. The zero-order chi connectivity index (χ0) is 15.0. The van der Waals surface area contributed by atoms with E-state index in [9.17, 15) is 13.2 Å². The molecule has 0 unspecified atom stereocenters. The van der Waals surface area contributed by atoms with E-state index in [1.54, 1.807) is 12.1 Å². The number of benzene rings is 1. The van der Waals surface area contributed by atoms with Gasteiger partial charge in [0.2, 0.25) is 0 Å². The van der Waals surface area contributed by atoms with Crippen LogP contribution < -0.4 is 0 Å². The lowest BCUT2D eigenvalue weighted by Crippen LogP contribution is -2.06. The molecule has 0 aliphatic carbocycles. The van der Waals surface area contributed by atoms with Gasteiger partial charge in [0.25, 0.3) is 0 Å². The van der Waals surface area contributed by atoms with Gasteiger partial charge in [-0.05, 0) is 30.3 Å². The molecule has 3 aromatic rings. The maximum atomic E-state index is 12.9. The maximum Gasteiger partial charge on any atom is 0.416 e. The van der Waals surface area contributed by atoms with E-state index in [4.69, 9.17) is 16.0 Å². The molecule has 2 heterocycles. The molecule has 1 aromatic carbocycles. The highest BCUT2D eigenvalue weighted by molar-refractivity contribution is 6.30. The average molecular weight is 313 g/mol. The molecule has 7 heteroatoms. The van der Waals surface area contributed by atoms with E-state index in [2.05, 4.69) is 5.10 Å². The molecule has 108 valence electrons. The van der Waals surface area contributed by atoms with Crippen molar-refractivity contribution in [3.8, 4) is 17.0 Å². The van der Waals surface area contributed by atoms with Crippen molar-refractivity contribution in [1.29, 1.82) is 0 Å². The van der Waals surface area contributed by atoms with E-state index >= 15 is 0 Å². The van der Waals surface area contributed by atoms with Crippen LogP contribution in [0.5, 0.6) is 0 Å². The molecule has 0 radical (unpaired) electrons. The van der Waals surface area contributed by atoms with Crippen molar-refractivity contribution in [3.05, 3.63) is 59.6 Å². The number of halogens is 4. The van der Waals surface area contributed by atoms with Crippen LogP contribution in [0.4, 0.5) is 13.2 Å². The van der Waals surface area contributed by atoms with Gasteiger partial charge in [0, 0.05) is 11.8 Å². The number of hydrogen-bond acceptors (Lipinski definition) is 2. The molecule has 21 heavy (non-hydrogen) atoms. The molecule has 2 aromatic heterocycles. The highest BCUT2D eigenvalue weighted by atomic mass is 35.5. The van der Waals surface area contributed by atoms with Gasteiger partial charge in [0.15, 0.2) is 0 Å². The zero-order valence-corrected chi connectivity index (χ0v) is 11.2. The minimum absolute atomic E-state index is 0.287. The van der Waals surface area contributed by atoms with Crippen LogP contribution in [0.1, 0.15) is 5.56 Å². The summed E-state index contributed by atoms with van der Waals surface area (Å²) in [5, 5.41) is 4.40. The van der Waals surface area contributed by atoms with Gasteiger partial charge < -0.3 is 4.42 Å². The van der Waals surface area contributed by atoms with Crippen molar-refractivity contribution in [2.75, 3.05) is 0 Å². The lowest BCUT2D eigenvalue weighted by molar-refractivity contribution is -0.137. The molecule has 0 saturated heterocycles. The number of alkyl halides is 3. The molecule has 0 spiro atoms. The van der Waals surface area contributed by atoms with Gasteiger partial charge in [0.05, 0.1) is 28.7 Å². The van der Waals surface area contributed by atoms with E-state index in [1.807, 2.05) is 0 Å². The smallest absolute Gasteiger partial charge is 0.416 e. The Morgan fingerprint density at radius 2 is 2.00 bits per heavy atom. The van der Waals surface area contributed by atoms with Crippen LogP contribution in [0.25, 0.3) is 17.0 Å². The number of aromatic nitrogens is 2. The second kappa shape index (κ2) is 4.96. The molecule has 0 saturated carbocycles. The van der Waals surface area contributed by atoms with Gasteiger partial charge in [-0.25, -0.2) is 4.68 Å². The van der Waals surface area contributed by atoms with Crippen LogP contribution in [0.3, 0.4) is 0 Å². The zero-order valence-electron chi connectivity index (χ0n) is 10.4. The standard InChI is InChI=1S/C14H8ClF3N2O/c15-10-7-19-20(8-10)12-4-3-9(14(16,17)18)6-11(12)13-2-1-5-21-13/h1-8H. The van der Waals surface area contributed by atoms with Crippen LogP contribution in [-0.2, 0) is 6.18 Å². The first-order valence-electron chi connectivity index (χ1n) is 5.91. The van der Waals surface area contributed by atoms with E-state index in [-0.39, 0.29) is 5.56 Å². The van der Waals surface area contributed by atoms with Crippen LogP contribution in [0.2, 0.25) is 5.02 Å². The van der Waals surface area contributed by atoms with E-state index in [0.29, 0.717) is 16.5 Å². The van der Waals surface area contributed by atoms with Crippen molar-refractivity contribution in [2.45, 2.75) is 6.18 Å². The summed E-state index contributed by atoms with van der Waals surface area (Å²) in [7, 11) is 0. The van der Waals surface area contributed by atoms with Crippen molar-refractivity contribution in [2.24, 2.45) is 0 Å². The summed E-state index contributed by atoms with van der Waals surface area (Å²) in [5.74, 6) is 0.322. The van der Waals surface area contributed by atoms with Crippen LogP contribution in [-0.4, -0.2) is 9.78 Å². The molecule has 0 amide bonds. The minimum atomic E-state index is -4.43. The largest absolute Gasteiger partial charge is 0.464 e. The summed E-state index contributed by atoms with van der Waals surface area (Å²) >= 11 is 5.80. The van der Waals surface area contributed by atoms with Gasteiger partial charge in [-0.1, -0.05) is 11.6 Å². The lowest BCUT2D eigenvalue weighted by atomic mass is 10.1. The van der Waals surface area contributed by atoms with Crippen LogP contribution in [0.15, 0.2) is 53.4 Å². The Kier molecular flexibility index (Phi) is 3.25. The summed E-state index contributed by atoms with van der Waals surface area (Å²) in [6, 6.07) is 6.56. The quantitative estimate of drug-likeness (QED) is 0.680. The predicted octanol–water partition coefficient (Wildman–Crippen LogP) is 4.80. The fraction of sp³-hybridized carbons (Fsp3) is 0.0714. The Morgan fingerprint density at radius 1 is 1.19 bits per heavy atom. The first-order valence-corrected chi connectivity index (χ1v) is 6.28. The number of furan rings is 1. The lowest BCUT2D eigenvalue weighted by Gasteiger charge is -2.12. The summed E-state index contributed by atoms with van der Waals surface area (Å²) < 4.78 is 45.2. The molecule has 3 rings (SSSR count). The van der Waals surface area contributed by atoms with Gasteiger partial charge in [-0.15, -0.1) is 0 Å². The molecule has 0 aliphatic rings. The summed E-state index contributed by atoms with van der Waals surface area (Å²) in [6.45, 7) is 0. The molecule has 0 aliphatic heterocycles. The van der Waals surface area contributed by atoms with Crippen LogP contribution in [0, 0.1) is 0 Å². The Balaban J connectivity index is 2.20. The topological polar surface area (TPSA) is 31.0 Å². The molecule has 3 nitrogen and oxygen atoms in total. The third kappa shape index (κ3) is 2.67. The fourth-order valence-electron chi connectivity index (χ4n) is 1.97. The Labute approximate surface area is 122 Å². The number of nitrogens with zero attached hydrogens (tertiary/aromatic N) is 2. The highest BCUT2D eigenvalue weighted by Gasteiger charge is 2.31. The molecule has 0 atom stereocenters. The first kappa shape index (κ1) is 13.8. The van der Waals surface area contributed by atoms with Crippen molar-refractivity contribution in [3.63, 3.8) is 0 Å². The SMILES string of the molecule is FC(F)(F)c1ccc(-n2cc(Cl)cn2)c(-c2ccco2)c1. The minimum Gasteiger partial charge on any atom is -0.464 e. The predicted molar refractivity (Wildman–Crippen MR) is 71.3 cm³/mol. The summed E-state index contributed by atoms with van der Waals surface area (Å²) in [6.07, 6.45) is -0.112. The number of hydrogen-bond donors (Lipinski definition) is 0. The highest BCUT2D eigenvalue weighted by Crippen LogP contribution is 2.35. The second-order valence-electron chi connectivity index (χ2n) is 4.31. The van der Waals surface area contributed by atoms with Crippen molar-refractivity contribution < 1.29 is 17.6 Å². The van der Waals surface area contributed by atoms with E-state index in [1.165, 1.54) is 29.4 Å². The second-order valence-corrected chi connectivity index (χ2v) is 4.75. The fourth-order valence-corrected chi connectivity index (χ4v) is 2.11. The molecular formula is C14H8ClF3N2O. The molecule has 0 bridgehead atoms. The van der Waals surface area contributed by atoms with Crippen molar-refractivity contribution in [1.82, 2.24) is 9.78 Å². The van der Waals surface area contributed by atoms with Gasteiger partial charge in [-0.2, -0.15) is 18.3 Å². The Bertz CT molecular complexity index is 763. The summed E-state index contributed by atoms with van der Waals surface area (Å²) in [4.78, 5) is 0. The number of rotatable bonds is 2. The third-order valence-corrected chi connectivity index (χ3v) is 3.10. The van der Waals surface area contributed by atoms with Gasteiger partial charge in [-0.3, -0.25) is 0 Å². The molecule has 0 fully saturated rings. The molecule has 0 N–H and O–H groups in total. The average Bonchev–Trinajstić information content (AvgIpc) is 3.08. The Morgan fingerprint density at radius 3 is 2.57 bits per heavy atom. The Hall–Kier alpha value is -2.21. The molecular weight excluding hydrogens is 305 g/mol.